The molecule has 3 rings (SSSR count). The summed E-state index contributed by atoms with van der Waals surface area (Å²) in [5, 5.41) is 0. The Hall–Kier alpha value is -0.790. The van der Waals surface area contributed by atoms with Crippen LogP contribution >= 0.6 is 0 Å². The van der Waals surface area contributed by atoms with E-state index in [1.54, 1.807) is 0 Å². The summed E-state index contributed by atoms with van der Waals surface area (Å²) in [6.45, 7) is 1.23. The molecule has 0 radical (unpaired) electrons. The van der Waals surface area contributed by atoms with Crippen LogP contribution in [0.2, 0.25) is 0 Å². The fraction of sp³-hybridized carbons (Fsp3) is 0.800. The van der Waals surface area contributed by atoms with E-state index in [0.29, 0.717) is 0 Å². The van der Waals surface area contributed by atoms with Crippen LogP contribution in [-0.4, -0.2) is 9.55 Å². The van der Waals surface area contributed by atoms with Gasteiger partial charge in [0.15, 0.2) is 0 Å². The second-order valence-corrected chi connectivity index (χ2v) is 5.96. The Kier molecular flexibility index (Phi) is 3.49. The molecule has 2 fully saturated rings. The van der Waals surface area contributed by atoms with Gasteiger partial charge in [0.2, 0.25) is 0 Å². The molecule has 0 aliphatic heterocycles. The quantitative estimate of drug-likeness (QED) is 0.766. The Morgan fingerprint density at radius 1 is 1.00 bits per heavy atom. The van der Waals surface area contributed by atoms with Gasteiger partial charge < -0.3 is 4.57 Å². The number of hydrogen-bond acceptors (Lipinski definition) is 1. The molecule has 1 heterocycles. The van der Waals surface area contributed by atoms with Gasteiger partial charge in [0.25, 0.3) is 0 Å². The van der Waals surface area contributed by atoms with Gasteiger partial charge in [-0.1, -0.05) is 32.1 Å². The summed E-state index contributed by atoms with van der Waals surface area (Å²) >= 11 is 0. The van der Waals surface area contributed by atoms with E-state index in [0.717, 1.165) is 11.8 Å². The third kappa shape index (κ3) is 2.91. The molecule has 17 heavy (non-hydrogen) atoms. The molecule has 2 heteroatoms. The van der Waals surface area contributed by atoms with Crippen LogP contribution in [0, 0.1) is 5.92 Å². The second-order valence-electron chi connectivity index (χ2n) is 5.96. The predicted molar refractivity (Wildman–Crippen MR) is 70.0 cm³/mol. The fourth-order valence-corrected chi connectivity index (χ4v) is 3.20. The van der Waals surface area contributed by atoms with E-state index in [1.807, 2.05) is 0 Å². The van der Waals surface area contributed by atoms with Gasteiger partial charge in [-0.2, -0.15) is 0 Å². The minimum absolute atomic E-state index is 0.839. The van der Waals surface area contributed by atoms with Gasteiger partial charge in [0.05, 0.1) is 6.33 Å². The number of nitrogens with zero attached hydrogens (tertiary/aromatic N) is 2. The normalized spacial score (nSPS) is 23.3. The molecule has 0 unspecified atom stereocenters. The molecule has 94 valence electrons. The van der Waals surface area contributed by atoms with Gasteiger partial charge >= 0.3 is 0 Å². The van der Waals surface area contributed by atoms with Crippen LogP contribution in [0.15, 0.2) is 12.5 Å². The van der Waals surface area contributed by atoms with Gasteiger partial charge in [-0.15, -0.1) is 0 Å². The van der Waals surface area contributed by atoms with Crippen molar-refractivity contribution in [3.63, 3.8) is 0 Å². The number of hydrogen-bond donors (Lipinski definition) is 0. The third-order valence-corrected chi connectivity index (χ3v) is 4.42. The van der Waals surface area contributed by atoms with E-state index < -0.39 is 0 Å². The van der Waals surface area contributed by atoms with Crippen molar-refractivity contribution in [1.29, 1.82) is 0 Å². The summed E-state index contributed by atoms with van der Waals surface area (Å²) < 4.78 is 2.45. The monoisotopic (exact) mass is 232 g/mol. The highest BCUT2D eigenvalue weighted by Gasteiger charge is 2.27. The molecule has 0 aromatic carbocycles. The first-order valence-electron chi connectivity index (χ1n) is 7.43. The van der Waals surface area contributed by atoms with E-state index in [1.165, 1.54) is 70.0 Å². The molecule has 2 aliphatic rings. The summed E-state index contributed by atoms with van der Waals surface area (Å²) in [5.74, 6) is 1.74. The highest BCUT2D eigenvalue weighted by Crippen LogP contribution is 2.40. The Morgan fingerprint density at radius 2 is 1.71 bits per heavy atom. The van der Waals surface area contributed by atoms with Gasteiger partial charge in [-0.25, -0.2) is 4.98 Å². The van der Waals surface area contributed by atoms with Crippen LogP contribution in [0.25, 0.3) is 0 Å². The van der Waals surface area contributed by atoms with Crippen molar-refractivity contribution in [3.05, 3.63) is 18.2 Å². The van der Waals surface area contributed by atoms with E-state index in [4.69, 9.17) is 0 Å². The zero-order valence-corrected chi connectivity index (χ0v) is 10.8. The van der Waals surface area contributed by atoms with Crippen LogP contribution in [0.4, 0.5) is 0 Å². The van der Waals surface area contributed by atoms with Gasteiger partial charge in [0, 0.05) is 24.4 Å². The predicted octanol–water partition coefficient (Wildman–Crippen LogP) is 4.12. The molecule has 0 atom stereocenters. The maximum atomic E-state index is 4.35. The second kappa shape index (κ2) is 5.24. The van der Waals surface area contributed by atoms with Gasteiger partial charge in [0.1, 0.15) is 0 Å². The molecule has 0 spiro atoms. The Bertz CT molecular complexity index is 344. The van der Waals surface area contributed by atoms with Crippen LogP contribution in [0.3, 0.4) is 0 Å². The minimum atomic E-state index is 0.839. The van der Waals surface area contributed by atoms with Crippen molar-refractivity contribution in [2.45, 2.75) is 70.3 Å². The van der Waals surface area contributed by atoms with Gasteiger partial charge in [-0.05, 0) is 31.6 Å². The molecule has 0 bridgehead atoms. The summed E-state index contributed by atoms with van der Waals surface area (Å²) in [4.78, 5) is 4.35. The maximum Gasteiger partial charge on any atom is 0.0948 e. The number of aromatic nitrogens is 2. The molecular formula is C15H24N2. The Morgan fingerprint density at radius 3 is 2.41 bits per heavy atom. The van der Waals surface area contributed by atoms with Crippen molar-refractivity contribution < 1.29 is 0 Å². The molecule has 0 amide bonds. The average Bonchev–Trinajstić information content (AvgIpc) is 3.03. The van der Waals surface area contributed by atoms with Crippen molar-refractivity contribution >= 4 is 0 Å². The highest BCUT2D eigenvalue weighted by molar-refractivity contribution is 5.12. The lowest BCUT2D eigenvalue weighted by Gasteiger charge is -2.21. The van der Waals surface area contributed by atoms with Crippen molar-refractivity contribution in [2.75, 3.05) is 0 Å². The zero-order valence-electron chi connectivity index (χ0n) is 10.8. The summed E-state index contributed by atoms with van der Waals surface area (Å²) in [6, 6.07) is 0. The summed E-state index contributed by atoms with van der Waals surface area (Å²) in [5.41, 5.74) is 1.51. The van der Waals surface area contributed by atoms with E-state index in [2.05, 4.69) is 22.1 Å². The van der Waals surface area contributed by atoms with Crippen molar-refractivity contribution in [3.8, 4) is 0 Å². The Balaban J connectivity index is 1.61. The first-order chi connectivity index (χ1) is 8.43. The smallest absolute Gasteiger partial charge is 0.0948 e. The van der Waals surface area contributed by atoms with E-state index in [-0.39, 0.29) is 0 Å². The van der Waals surface area contributed by atoms with Crippen LogP contribution in [0.5, 0.6) is 0 Å². The topological polar surface area (TPSA) is 17.8 Å². The van der Waals surface area contributed by atoms with E-state index in [9.17, 15) is 0 Å². The average molecular weight is 232 g/mol. The first kappa shape index (κ1) is 11.3. The van der Waals surface area contributed by atoms with E-state index >= 15 is 0 Å². The standard InChI is InChI=1S/C15H24N2/c1-2-4-6-13(7-5-3-1)11-17-12-16-10-15(17)14-8-9-14/h10,12-14H,1-9,11H2. The zero-order chi connectivity index (χ0) is 11.5. The fourth-order valence-electron chi connectivity index (χ4n) is 3.20. The molecule has 1 aromatic heterocycles. The summed E-state index contributed by atoms with van der Waals surface area (Å²) in [6.07, 6.45) is 17.1. The van der Waals surface area contributed by atoms with Crippen molar-refractivity contribution in [2.24, 2.45) is 5.92 Å². The highest BCUT2D eigenvalue weighted by atomic mass is 15.1. The lowest BCUT2D eigenvalue weighted by molar-refractivity contribution is 0.335. The SMILES string of the molecule is c1ncn(CC2CCCCCCC2)c1C1CC1. The molecule has 0 N–H and O–H groups in total. The minimum Gasteiger partial charge on any atom is -0.334 e. The number of imidazole rings is 1. The van der Waals surface area contributed by atoms with Gasteiger partial charge in [-0.3, -0.25) is 0 Å². The molecule has 0 saturated heterocycles. The molecule has 2 nitrogen and oxygen atoms in total. The molecule has 1 aromatic rings. The van der Waals surface area contributed by atoms with Crippen LogP contribution in [0.1, 0.15) is 69.4 Å². The largest absolute Gasteiger partial charge is 0.334 e. The Labute approximate surface area is 104 Å². The molecular weight excluding hydrogens is 208 g/mol. The van der Waals surface area contributed by atoms with Crippen LogP contribution < -0.4 is 0 Å². The lowest BCUT2D eigenvalue weighted by atomic mass is 9.91. The third-order valence-electron chi connectivity index (χ3n) is 4.42. The lowest BCUT2D eigenvalue weighted by Crippen LogP contribution is -2.13. The van der Waals surface area contributed by atoms with Crippen LogP contribution in [-0.2, 0) is 6.54 Å². The first-order valence-corrected chi connectivity index (χ1v) is 7.43. The summed E-state index contributed by atoms with van der Waals surface area (Å²) in [7, 11) is 0. The molecule has 2 saturated carbocycles. The maximum absolute atomic E-state index is 4.35. The van der Waals surface area contributed by atoms with Crippen molar-refractivity contribution in [1.82, 2.24) is 9.55 Å². The molecule has 2 aliphatic carbocycles. The number of rotatable bonds is 3.